The summed E-state index contributed by atoms with van der Waals surface area (Å²) >= 11 is 0. The number of nitrogens with zero attached hydrogens (tertiary/aromatic N) is 2. The predicted molar refractivity (Wildman–Crippen MR) is 74.8 cm³/mol. The number of carbonyl (C=O) groups is 5. The second-order valence-corrected chi connectivity index (χ2v) is 4.91. The molecule has 0 spiro atoms. The van der Waals surface area contributed by atoms with E-state index in [9.17, 15) is 24.0 Å². The van der Waals surface area contributed by atoms with E-state index in [0.29, 0.717) is 12.1 Å². The van der Waals surface area contributed by atoms with Gasteiger partial charge in [0.2, 0.25) is 5.91 Å². The summed E-state index contributed by atoms with van der Waals surface area (Å²) in [5.74, 6) is -2.67. The standard InChI is InChI=1S/C14H15N3O6/c1-9-2-3-13(21)17(9)23-14(22)8-15-10(18)6-7-16-11(19)4-5-12(16)20/h4-5H,1-3,6-8H2,(H,15,18). The number of allylic oxidation sites excluding steroid dienone is 1. The van der Waals surface area contributed by atoms with Gasteiger partial charge in [0, 0.05) is 31.5 Å². The van der Waals surface area contributed by atoms with Crippen LogP contribution in [-0.2, 0) is 28.8 Å². The second kappa shape index (κ2) is 6.86. The maximum atomic E-state index is 11.6. The van der Waals surface area contributed by atoms with Crippen LogP contribution in [0.1, 0.15) is 19.3 Å². The Morgan fingerprint density at radius 1 is 1.17 bits per heavy atom. The highest BCUT2D eigenvalue weighted by atomic mass is 16.7. The first kappa shape index (κ1) is 16.4. The van der Waals surface area contributed by atoms with Crippen molar-refractivity contribution in [3.63, 3.8) is 0 Å². The summed E-state index contributed by atoms with van der Waals surface area (Å²) in [6, 6.07) is 0. The van der Waals surface area contributed by atoms with Crippen LogP contribution in [0.4, 0.5) is 0 Å². The SMILES string of the molecule is C=C1CCC(=O)N1OC(=O)CNC(=O)CCN1C(=O)C=CC1=O. The lowest BCUT2D eigenvalue weighted by molar-refractivity contribution is -0.185. The summed E-state index contributed by atoms with van der Waals surface area (Å²) in [6.07, 6.45) is 2.76. The highest BCUT2D eigenvalue weighted by molar-refractivity contribution is 6.13. The van der Waals surface area contributed by atoms with Gasteiger partial charge < -0.3 is 10.2 Å². The number of hydrogen-bond donors (Lipinski definition) is 1. The van der Waals surface area contributed by atoms with Crippen LogP contribution in [-0.4, -0.2) is 52.7 Å². The summed E-state index contributed by atoms with van der Waals surface area (Å²) in [5.41, 5.74) is 0.383. The minimum absolute atomic E-state index is 0.0764. The fourth-order valence-electron chi connectivity index (χ4n) is 2.00. The second-order valence-electron chi connectivity index (χ2n) is 4.91. The van der Waals surface area contributed by atoms with E-state index in [2.05, 4.69) is 11.9 Å². The largest absolute Gasteiger partial charge is 0.351 e. The minimum Gasteiger partial charge on any atom is -0.345 e. The highest BCUT2D eigenvalue weighted by Gasteiger charge is 2.28. The number of hydroxylamine groups is 2. The van der Waals surface area contributed by atoms with Crippen LogP contribution in [0.2, 0.25) is 0 Å². The topological polar surface area (TPSA) is 113 Å². The molecular weight excluding hydrogens is 306 g/mol. The van der Waals surface area contributed by atoms with Crippen molar-refractivity contribution < 1.29 is 28.8 Å². The molecule has 9 heteroatoms. The van der Waals surface area contributed by atoms with Crippen LogP contribution in [0.25, 0.3) is 0 Å². The van der Waals surface area contributed by atoms with Gasteiger partial charge >= 0.3 is 5.97 Å². The van der Waals surface area contributed by atoms with E-state index in [4.69, 9.17) is 4.84 Å². The summed E-state index contributed by atoms with van der Waals surface area (Å²) in [5, 5.41) is 3.11. The molecule has 2 rings (SSSR count). The normalized spacial score (nSPS) is 17.2. The number of nitrogens with one attached hydrogen (secondary N) is 1. The first-order chi connectivity index (χ1) is 10.9. The lowest BCUT2D eigenvalue weighted by atomic mass is 10.3. The van der Waals surface area contributed by atoms with Crippen LogP contribution >= 0.6 is 0 Å². The molecule has 9 nitrogen and oxygen atoms in total. The van der Waals surface area contributed by atoms with Gasteiger partial charge in [0.25, 0.3) is 17.7 Å². The molecule has 0 unspecified atom stereocenters. The van der Waals surface area contributed by atoms with Crippen molar-refractivity contribution in [2.45, 2.75) is 19.3 Å². The number of hydrogen-bond acceptors (Lipinski definition) is 6. The first-order valence-corrected chi connectivity index (χ1v) is 6.90. The molecule has 2 heterocycles. The van der Waals surface area contributed by atoms with Gasteiger partial charge in [-0.25, -0.2) is 4.79 Å². The fraction of sp³-hybridized carbons (Fsp3) is 0.357. The molecule has 1 saturated heterocycles. The smallest absolute Gasteiger partial charge is 0.345 e. The molecule has 2 aliphatic rings. The lowest BCUT2D eigenvalue weighted by Crippen LogP contribution is -2.38. The summed E-state index contributed by atoms with van der Waals surface area (Å²) < 4.78 is 0. The Kier molecular flexibility index (Phi) is 4.89. The summed E-state index contributed by atoms with van der Waals surface area (Å²) in [7, 11) is 0. The summed E-state index contributed by atoms with van der Waals surface area (Å²) in [6.45, 7) is 3.08. The van der Waals surface area contributed by atoms with E-state index in [1.165, 1.54) is 0 Å². The first-order valence-electron chi connectivity index (χ1n) is 6.90. The lowest BCUT2D eigenvalue weighted by Gasteiger charge is -2.16. The van der Waals surface area contributed by atoms with Crippen molar-refractivity contribution in [1.82, 2.24) is 15.3 Å². The molecule has 23 heavy (non-hydrogen) atoms. The van der Waals surface area contributed by atoms with Crippen LogP contribution in [0.3, 0.4) is 0 Å². The van der Waals surface area contributed by atoms with Gasteiger partial charge in [0.05, 0.1) is 5.70 Å². The van der Waals surface area contributed by atoms with Gasteiger partial charge in [0.1, 0.15) is 6.54 Å². The molecule has 0 atom stereocenters. The third-order valence-electron chi connectivity index (χ3n) is 3.23. The third-order valence-corrected chi connectivity index (χ3v) is 3.23. The number of imide groups is 1. The van der Waals surface area contributed by atoms with Gasteiger partial charge in [-0.1, -0.05) is 6.58 Å². The number of amides is 4. The average Bonchev–Trinajstić information content (AvgIpc) is 2.99. The molecule has 2 aliphatic heterocycles. The summed E-state index contributed by atoms with van der Waals surface area (Å²) in [4.78, 5) is 62.8. The van der Waals surface area contributed by atoms with E-state index in [0.717, 1.165) is 22.1 Å². The third kappa shape index (κ3) is 4.02. The zero-order valence-electron chi connectivity index (χ0n) is 12.2. The number of carbonyl (C=O) groups excluding carboxylic acids is 5. The number of rotatable bonds is 6. The molecule has 0 bridgehead atoms. The minimum atomic E-state index is -0.815. The van der Waals surface area contributed by atoms with E-state index in [1.54, 1.807) is 0 Å². The highest BCUT2D eigenvalue weighted by Crippen LogP contribution is 2.20. The zero-order chi connectivity index (χ0) is 17.0. The molecule has 0 radical (unpaired) electrons. The van der Waals surface area contributed by atoms with Gasteiger partial charge in [-0.15, -0.1) is 5.06 Å². The Morgan fingerprint density at radius 3 is 2.39 bits per heavy atom. The van der Waals surface area contributed by atoms with Crippen molar-refractivity contribution in [3.8, 4) is 0 Å². The molecular formula is C14H15N3O6. The van der Waals surface area contributed by atoms with Crippen LogP contribution in [0, 0.1) is 0 Å². The van der Waals surface area contributed by atoms with Crippen molar-refractivity contribution in [3.05, 3.63) is 24.4 Å². The van der Waals surface area contributed by atoms with Crippen LogP contribution < -0.4 is 5.32 Å². The van der Waals surface area contributed by atoms with E-state index < -0.39 is 30.2 Å². The Balaban J connectivity index is 1.69. The Hall–Kier alpha value is -2.97. The van der Waals surface area contributed by atoms with E-state index >= 15 is 0 Å². The van der Waals surface area contributed by atoms with Crippen molar-refractivity contribution >= 4 is 29.6 Å². The zero-order valence-corrected chi connectivity index (χ0v) is 12.2. The maximum absolute atomic E-state index is 11.6. The van der Waals surface area contributed by atoms with Crippen molar-refractivity contribution in [2.24, 2.45) is 0 Å². The molecule has 0 aromatic rings. The van der Waals surface area contributed by atoms with E-state index in [-0.39, 0.29) is 25.3 Å². The van der Waals surface area contributed by atoms with Gasteiger partial charge in [-0.05, 0) is 6.42 Å². The molecule has 1 fully saturated rings. The van der Waals surface area contributed by atoms with Crippen molar-refractivity contribution in [1.29, 1.82) is 0 Å². The van der Waals surface area contributed by atoms with Crippen molar-refractivity contribution in [2.75, 3.05) is 13.1 Å². The van der Waals surface area contributed by atoms with E-state index in [1.807, 2.05) is 0 Å². The molecule has 0 saturated carbocycles. The Labute approximate surface area is 131 Å². The van der Waals surface area contributed by atoms with Crippen LogP contribution in [0.15, 0.2) is 24.4 Å². The maximum Gasteiger partial charge on any atom is 0.351 e. The molecule has 122 valence electrons. The monoisotopic (exact) mass is 321 g/mol. The Bertz CT molecular complexity index is 590. The molecule has 0 aliphatic carbocycles. The molecule has 1 N–H and O–H groups in total. The van der Waals surface area contributed by atoms with Gasteiger partial charge in [-0.3, -0.25) is 24.1 Å². The quantitative estimate of drug-likeness (QED) is 0.629. The Morgan fingerprint density at radius 2 is 1.83 bits per heavy atom. The molecule has 0 aromatic heterocycles. The molecule has 0 aromatic carbocycles. The predicted octanol–water partition coefficient (Wildman–Crippen LogP) is -0.988. The van der Waals surface area contributed by atoms with Gasteiger partial charge in [0.15, 0.2) is 0 Å². The van der Waals surface area contributed by atoms with Gasteiger partial charge in [-0.2, -0.15) is 0 Å². The molecule has 4 amide bonds. The fourth-order valence-corrected chi connectivity index (χ4v) is 2.00. The average molecular weight is 321 g/mol. The van der Waals surface area contributed by atoms with Crippen LogP contribution in [0.5, 0.6) is 0 Å².